The Balaban J connectivity index is 2.89. The van der Waals surface area contributed by atoms with Gasteiger partial charge in [-0.05, 0) is 0 Å². The molecule has 0 saturated carbocycles. The van der Waals surface area contributed by atoms with E-state index in [-0.39, 0.29) is 6.61 Å². The maximum Gasteiger partial charge on any atom is 0.116 e. The van der Waals surface area contributed by atoms with Gasteiger partial charge in [0, 0.05) is 18.6 Å². The Kier molecular flexibility index (Phi) is 3.67. The molecule has 0 spiro atoms. The summed E-state index contributed by atoms with van der Waals surface area (Å²) in [6, 6.07) is 10.8. The van der Waals surface area contributed by atoms with Crippen molar-refractivity contribution in [2.24, 2.45) is 0 Å². The van der Waals surface area contributed by atoms with Gasteiger partial charge in [-0.15, -0.1) is 0 Å². The van der Waals surface area contributed by atoms with Crippen LogP contribution < -0.4 is 0 Å². The first kappa shape index (κ1) is 11.2. The fraction of sp³-hybridized carbons (Fsp3) is 0.500. The predicted octanol–water partition coefficient (Wildman–Crippen LogP) is 1.82. The lowest BCUT2D eigenvalue weighted by atomic mass is 10.0. The molecule has 1 aromatic rings. The fourth-order valence-electron chi connectivity index (χ4n) is 1.80. The highest BCUT2D eigenvalue weighted by atomic mass is 16.3. The molecule has 0 aliphatic rings. The van der Waals surface area contributed by atoms with E-state index in [9.17, 15) is 0 Å². The number of rotatable bonds is 4. The van der Waals surface area contributed by atoms with Crippen LogP contribution in [0.25, 0.3) is 0 Å². The van der Waals surface area contributed by atoms with Gasteiger partial charge in [0.25, 0.3) is 0 Å². The van der Waals surface area contributed by atoms with Crippen LogP contribution in [0, 0.1) is 0 Å². The molecule has 1 atom stereocenters. The van der Waals surface area contributed by atoms with Gasteiger partial charge in [-0.1, -0.05) is 30.3 Å². The Morgan fingerprint density at radius 1 is 1.14 bits per heavy atom. The number of aliphatic hydroxyl groups is 1. The van der Waals surface area contributed by atoms with Crippen molar-refractivity contribution >= 4 is 0 Å². The van der Waals surface area contributed by atoms with E-state index < -0.39 is 0 Å². The first-order chi connectivity index (χ1) is 6.55. The largest absolute Gasteiger partial charge is 0.396 e. The number of benzene rings is 1. The zero-order valence-corrected chi connectivity index (χ0v) is 9.27. The minimum atomic E-state index is 0.245. The van der Waals surface area contributed by atoms with Crippen LogP contribution >= 0.6 is 0 Å². The summed E-state index contributed by atoms with van der Waals surface area (Å²) in [4.78, 5) is 0. The maximum absolute atomic E-state index is 9.05. The number of hydrogen-bond acceptors (Lipinski definition) is 1. The van der Waals surface area contributed by atoms with Crippen molar-refractivity contribution in [2.75, 3.05) is 27.7 Å². The van der Waals surface area contributed by atoms with Crippen LogP contribution in [0.15, 0.2) is 30.3 Å². The molecular formula is C12H20NO+. The molecule has 78 valence electrons. The van der Waals surface area contributed by atoms with Crippen LogP contribution in [0.1, 0.15) is 18.0 Å². The fourth-order valence-corrected chi connectivity index (χ4v) is 1.80. The third-order valence-corrected chi connectivity index (χ3v) is 2.52. The lowest BCUT2D eigenvalue weighted by Crippen LogP contribution is -2.39. The van der Waals surface area contributed by atoms with Crippen LogP contribution in [0.3, 0.4) is 0 Å². The molecule has 0 heterocycles. The van der Waals surface area contributed by atoms with E-state index >= 15 is 0 Å². The molecule has 0 bridgehead atoms. The van der Waals surface area contributed by atoms with E-state index in [1.807, 2.05) is 6.07 Å². The van der Waals surface area contributed by atoms with Gasteiger partial charge >= 0.3 is 0 Å². The summed E-state index contributed by atoms with van der Waals surface area (Å²) in [5, 5.41) is 9.05. The highest BCUT2D eigenvalue weighted by Crippen LogP contribution is 2.25. The molecule has 0 aliphatic carbocycles. The molecule has 1 N–H and O–H groups in total. The molecule has 2 nitrogen and oxygen atoms in total. The summed E-state index contributed by atoms with van der Waals surface area (Å²) >= 11 is 0. The summed E-state index contributed by atoms with van der Waals surface area (Å²) in [6.45, 7) is 0.245. The minimum absolute atomic E-state index is 0.245. The lowest BCUT2D eigenvalue weighted by Gasteiger charge is -2.34. The second-order valence-electron chi connectivity index (χ2n) is 4.56. The predicted molar refractivity (Wildman–Crippen MR) is 58.9 cm³/mol. The topological polar surface area (TPSA) is 20.2 Å². The summed E-state index contributed by atoms with van der Waals surface area (Å²) in [6.07, 6.45) is 0.813. The zero-order valence-electron chi connectivity index (χ0n) is 9.27. The summed E-state index contributed by atoms with van der Waals surface area (Å²) in [5.74, 6) is 0. The SMILES string of the molecule is C[N+](C)(C)C(CCO)c1ccccc1. The summed E-state index contributed by atoms with van der Waals surface area (Å²) < 4.78 is 0.852. The smallest absolute Gasteiger partial charge is 0.116 e. The van der Waals surface area contributed by atoms with Gasteiger partial charge in [0.05, 0.1) is 21.1 Å². The Bertz CT molecular complexity index is 263. The number of quaternary nitrogens is 1. The molecule has 1 aromatic carbocycles. The van der Waals surface area contributed by atoms with Gasteiger partial charge in [0.2, 0.25) is 0 Å². The Hall–Kier alpha value is -0.860. The molecule has 0 amide bonds. The number of nitrogens with zero attached hydrogens (tertiary/aromatic N) is 1. The molecule has 0 aliphatic heterocycles. The van der Waals surface area contributed by atoms with Gasteiger partial charge in [0.15, 0.2) is 0 Å². The van der Waals surface area contributed by atoms with Gasteiger partial charge < -0.3 is 9.59 Å². The number of hydrogen-bond donors (Lipinski definition) is 1. The molecule has 1 unspecified atom stereocenters. The van der Waals surface area contributed by atoms with Crippen LogP contribution in [0.4, 0.5) is 0 Å². The van der Waals surface area contributed by atoms with Crippen molar-refractivity contribution in [3.8, 4) is 0 Å². The lowest BCUT2D eigenvalue weighted by molar-refractivity contribution is -0.902. The third-order valence-electron chi connectivity index (χ3n) is 2.52. The zero-order chi connectivity index (χ0) is 10.6. The van der Waals surface area contributed by atoms with Crippen molar-refractivity contribution < 1.29 is 9.59 Å². The second-order valence-corrected chi connectivity index (χ2v) is 4.56. The van der Waals surface area contributed by atoms with E-state index in [0.717, 1.165) is 10.9 Å². The molecule has 14 heavy (non-hydrogen) atoms. The monoisotopic (exact) mass is 194 g/mol. The first-order valence-electron chi connectivity index (χ1n) is 5.02. The summed E-state index contributed by atoms with van der Waals surface area (Å²) in [5.41, 5.74) is 1.30. The van der Waals surface area contributed by atoms with Crippen molar-refractivity contribution in [1.82, 2.24) is 0 Å². The van der Waals surface area contributed by atoms with Crippen LogP contribution in [-0.4, -0.2) is 37.3 Å². The number of aliphatic hydroxyl groups excluding tert-OH is 1. The van der Waals surface area contributed by atoms with Crippen LogP contribution in [0.5, 0.6) is 0 Å². The van der Waals surface area contributed by atoms with Gasteiger partial charge in [-0.25, -0.2) is 0 Å². The third kappa shape index (κ3) is 2.82. The van der Waals surface area contributed by atoms with Gasteiger partial charge in [-0.2, -0.15) is 0 Å². The first-order valence-corrected chi connectivity index (χ1v) is 5.02. The molecule has 1 rings (SSSR count). The maximum atomic E-state index is 9.05. The Morgan fingerprint density at radius 3 is 2.14 bits per heavy atom. The molecule has 0 fully saturated rings. The highest BCUT2D eigenvalue weighted by molar-refractivity contribution is 5.17. The van der Waals surface area contributed by atoms with E-state index in [1.54, 1.807) is 0 Å². The molecule has 2 heteroatoms. The van der Waals surface area contributed by atoms with Crippen molar-refractivity contribution in [1.29, 1.82) is 0 Å². The molecule has 0 radical (unpaired) electrons. The quantitative estimate of drug-likeness (QED) is 0.725. The molecular weight excluding hydrogens is 174 g/mol. The molecule has 0 saturated heterocycles. The van der Waals surface area contributed by atoms with Crippen molar-refractivity contribution in [3.63, 3.8) is 0 Å². The van der Waals surface area contributed by atoms with E-state index in [0.29, 0.717) is 6.04 Å². The summed E-state index contributed by atoms with van der Waals surface area (Å²) in [7, 11) is 6.48. The minimum Gasteiger partial charge on any atom is -0.396 e. The van der Waals surface area contributed by atoms with Gasteiger partial charge in [-0.3, -0.25) is 0 Å². The Morgan fingerprint density at radius 2 is 1.71 bits per heavy atom. The van der Waals surface area contributed by atoms with Crippen LogP contribution in [0.2, 0.25) is 0 Å². The highest BCUT2D eigenvalue weighted by Gasteiger charge is 2.24. The second kappa shape index (κ2) is 4.58. The van der Waals surface area contributed by atoms with Crippen molar-refractivity contribution in [3.05, 3.63) is 35.9 Å². The normalized spacial score (nSPS) is 14.0. The molecule has 0 aromatic heterocycles. The van der Waals surface area contributed by atoms with Crippen LogP contribution in [-0.2, 0) is 0 Å². The van der Waals surface area contributed by atoms with Gasteiger partial charge in [0.1, 0.15) is 6.04 Å². The van der Waals surface area contributed by atoms with E-state index in [1.165, 1.54) is 5.56 Å². The Labute approximate surface area is 86.4 Å². The van der Waals surface area contributed by atoms with E-state index in [2.05, 4.69) is 45.4 Å². The van der Waals surface area contributed by atoms with E-state index in [4.69, 9.17) is 5.11 Å². The van der Waals surface area contributed by atoms with Crippen molar-refractivity contribution in [2.45, 2.75) is 12.5 Å². The standard InChI is InChI=1S/C12H20NO/c1-13(2,3)12(9-10-14)11-7-5-4-6-8-11/h4-8,12,14H,9-10H2,1-3H3/q+1. The average molecular weight is 194 g/mol. The average Bonchev–Trinajstić information content (AvgIpc) is 2.14.